The van der Waals surface area contributed by atoms with Gasteiger partial charge in [0.25, 0.3) is 0 Å². The number of benzene rings is 1. The number of rotatable bonds is 4. The van der Waals surface area contributed by atoms with E-state index in [4.69, 9.17) is 9.47 Å². The van der Waals surface area contributed by atoms with Gasteiger partial charge in [0, 0.05) is 12.2 Å². The van der Waals surface area contributed by atoms with Crippen LogP contribution in [0.1, 0.15) is 52.7 Å². The fraction of sp³-hybridized carbons (Fsp3) is 0.400. The Bertz CT molecular complexity index is 566. The summed E-state index contributed by atoms with van der Waals surface area (Å²) in [6, 6.07) is 7.43. The van der Waals surface area contributed by atoms with Gasteiger partial charge < -0.3 is 9.47 Å². The Kier molecular flexibility index (Phi) is 6.52. The van der Waals surface area contributed by atoms with E-state index in [0.717, 1.165) is 11.1 Å². The minimum atomic E-state index is -0.502. The molecule has 0 aromatic heterocycles. The van der Waals surface area contributed by atoms with Crippen molar-refractivity contribution in [3.63, 3.8) is 0 Å². The first kappa shape index (κ1) is 19.7. The topological polar surface area (TPSA) is 52.6 Å². The third kappa shape index (κ3) is 8.93. The fourth-order valence-corrected chi connectivity index (χ4v) is 1.72. The maximum atomic E-state index is 11.6. The van der Waals surface area contributed by atoms with Crippen molar-refractivity contribution in [1.29, 1.82) is 0 Å². The summed E-state index contributed by atoms with van der Waals surface area (Å²) in [5, 5.41) is 0. The van der Waals surface area contributed by atoms with Gasteiger partial charge in [-0.3, -0.25) is 0 Å². The molecule has 1 aromatic carbocycles. The van der Waals surface area contributed by atoms with Gasteiger partial charge >= 0.3 is 11.9 Å². The van der Waals surface area contributed by atoms with Crippen molar-refractivity contribution in [1.82, 2.24) is 0 Å². The van der Waals surface area contributed by atoms with E-state index in [-0.39, 0.29) is 11.9 Å². The molecule has 24 heavy (non-hydrogen) atoms. The van der Waals surface area contributed by atoms with E-state index >= 15 is 0 Å². The van der Waals surface area contributed by atoms with Crippen LogP contribution in [0.25, 0.3) is 12.2 Å². The highest BCUT2D eigenvalue weighted by atomic mass is 16.6. The molecule has 130 valence electrons. The van der Waals surface area contributed by atoms with Gasteiger partial charge in [0.05, 0.1) is 0 Å². The highest BCUT2D eigenvalue weighted by Gasteiger charge is 2.14. The van der Waals surface area contributed by atoms with Crippen LogP contribution in [0.15, 0.2) is 36.4 Å². The van der Waals surface area contributed by atoms with Crippen LogP contribution in [0.5, 0.6) is 0 Å². The van der Waals surface area contributed by atoms with Crippen LogP contribution < -0.4 is 0 Å². The summed E-state index contributed by atoms with van der Waals surface area (Å²) in [7, 11) is 0. The lowest BCUT2D eigenvalue weighted by Crippen LogP contribution is -2.22. The van der Waals surface area contributed by atoms with Crippen molar-refractivity contribution in [3.8, 4) is 0 Å². The molecule has 0 aliphatic rings. The van der Waals surface area contributed by atoms with Crippen LogP contribution in [0.3, 0.4) is 0 Å². The van der Waals surface area contributed by atoms with Crippen molar-refractivity contribution in [3.05, 3.63) is 47.5 Å². The Morgan fingerprint density at radius 1 is 0.708 bits per heavy atom. The molecule has 4 nitrogen and oxygen atoms in total. The van der Waals surface area contributed by atoms with Gasteiger partial charge in [-0.25, -0.2) is 9.59 Å². The molecular formula is C20H26O4. The number of esters is 2. The van der Waals surface area contributed by atoms with Crippen LogP contribution >= 0.6 is 0 Å². The van der Waals surface area contributed by atoms with Gasteiger partial charge in [0.2, 0.25) is 0 Å². The zero-order valence-corrected chi connectivity index (χ0v) is 15.3. The molecule has 4 heteroatoms. The lowest BCUT2D eigenvalue weighted by Gasteiger charge is -2.18. The molecule has 0 amide bonds. The number of carbonyl (C=O) groups excluding carboxylic acids is 2. The van der Waals surface area contributed by atoms with Gasteiger partial charge in [-0.15, -0.1) is 0 Å². The molecule has 0 atom stereocenters. The molecule has 0 aliphatic heterocycles. The second kappa shape index (κ2) is 7.95. The average Bonchev–Trinajstić information content (AvgIpc) is 2.40. The van der Waals surface area contributed by atoms with Crippen LogP contribution in [0, 0.1) is 0 Å². The smallest absolute Gasteiger partial charge is 0.331 e. The molecule has 0 saturated heterocycles. The first-order valence-electron chi connectivity index (χ1n) is 7.87. The zero-order valence-electron chi connectivity index (χ0n) is 15.3. The number of hydrogen-bond acceptors (Lipinski definition) is 4. The summed E-state index contributed by atoms with van der Waals surface area (Å²) < 4.78 is 10.4. The van der Waals surface area contributed by atoms with Gasteiger partial charge in [0.1, 0.15) is 11.2 Å². The monoisotopic (exact) mass is 330 g/mol. The second-order valence-electron chi connectivity index (χ2n) is 7.40. The molecule has 0 aliphatic carbocycles. The van der Waals surface area contributed by atoms with Gasteiger partial charge in [0.15, 0.2) is 0 Å². The fourth-order valence-electron chi connectivity index (χ4n) is 1.72. The quantitative estimate of drug-likeness (QED) is 0.606. The normalized spacial score (nSPS) is 12.6. The Morgan fingerprint density at radius 3 is 1.25 bits per heavy atom. The molecule has 0 unspecified atom stereocenters. The summed E-state index contributed by atoms with van der Waals surface area (Å²) in [4.78, 5) is 23.2. The highest BCUT2D eigenvalue weighted by Crippen LogP contribution is 2.12. The third-order valence-corrected chi connectivity index (χ3v) is 2.57. The average molecular weight is 330 g/mol. The Labute approximate surface area is 144 Å². The van der Waals surface area contributed by atoms with Gasteiger partial charge in [-0.05, 0) is 64.8 Å². The van der Waals surface area contributed by atoms with Crippen molar-refractivity contribution in [2.45, 2.75) is 52.7 Å². The van der Waals surface area contributed by atoms with Crippen LogP contribution in [-0.2, 0) is 19.1 Å². The molecule has 0 fully saturated rings. The maximum absolute atomic E-state index is 11.6. The largest absolute Gasteiger partial charge is 0.457 e. The van der Waals surface area contributed by atoms with E-state index in [2.05, 4.69) is 0 Å². The number of ether oxygens (including phenoxy) is 2. The molecule has 1 aromatic rings. The molecule has 0 bridgehead atoms. The SMILES string of the molecule is CC(C)(C)OC(=O)C=Cc1ccc(C=CC(=O)OC(C)(C)C)cc1. The zero-order chi connectivity index (χ0) is 18.4. The summed E-state index contributed by atoms with van der Waals surface area (Å²) in [6.45, 7) is 10.9. The van der Waals surface area contributed by atoms with Crippen molar-refractivity contribution in [2.24, 2.45) is 0 Å². The predicted molar refractivity (Wildman–Crippen MR) is 96.2 cm³/mol. The van der Waals surface area contributed by atoms with E-state index in [9.17, 15) is 9.59 Å². The van der Waals surface area contributed by atoms with Crippen molar-refractivity contribution in [2.75, 3.05) is 0 Å². The highest BCUT2D eigenvalue weighted by molar-refractivity contribution is 5.88. The summed E-state index contributed by atoms with van der Waals surface area (Å²) in [5.41, 5.74) is 0.737. The minimum absolute atomic E-state index is 0.378. The van der Waals surface area contributed by atoms with Gasteiger partial charge in [-0.1, -0.05) is 24.3 Å². The van der Waals surface area contributed by atoms with E-state index in [1.165, 1.54) is 12.2 Å². The lowest BCUT2D eigenvalue weighted by atomic mass is 10.1. The maximum Gasteiger partial charge on any atom is 0.331 e. The van der Waals surface area contributed by atoms with Crippen molar-refractivity contribution >= 4 is 24.1 Å². The predicted octanol–water partition coefficient (Wildman–Crippen LogP) is 4.40. The first-order valence-corrected chi connectivity index (χ1v) is 7.87. The summed E-state index contributed by atoms with van der Waals surface area (Å²) >= 11 is 0. The molecule has 0 heterocycles. The standard InChI is InChI=1S/C20H26O4/c1-19(2,3)23-17(21)13-11-15-7-9-16(10-8-15)12-14-18(22)24-20(4,5)6/h7-14H,1-6H3. The van der Waals surface area contributed by atoms with Crippen LogP contribution in [0.4, 0.5) is 0 Å². The summed E-state index contributed by atoms with van der Waals surface area (Å²) in [6.07, 6.45) is 6.18. The van der Waals surface area contributed by atoms with Crippen LogP contribution in [0.2, 0.25) is 0 Å². The Morgan fingerprint density at radius 2 is 1.00 bits per heavy atom. The van der Waals surface area contributed by atoms with E-state index in [1.807, 2.05) is 65.8 Å². The van der Waals surface area contributed by atoms with E-state index < -0.39 is 11.2 Å². The number of hydrogen-bond donors (Lipinski definition) is 0. The third-order valence-electron chi connectivity index (χ3n) is 2.57. The second-order valence-corrected chi connectivity index (χ2v) is 7.40. The summed E-state index contributed by atoms with van der Waals surface area (Å²) in [5.74, 6) is -0.757. The lowest BCUT2D eigenvalue weighted by molar-refractivity contribution is -0.149. The molecule has 0 saturated carbocycles. The molecule has 0 spiro atoms. The van der Waals surface area contributed by atoms with Crippen LogP contribution in [-0.4, -0.2) is 23.1 Å². The molecule has 1 rings (SSSR count). The number of carbonyl (C=O) groups is 2. The Hall–Kier alpha value is -2.36. The van der Waals surface area contributed by atoms with Gasteiger partial charge in [-0.2, -0.15) is 0 Å². The van der Waals surface area contributed by atoms with Crippen molar-refractivity contribution < 1.29 is 19.1 Å². The molecular weight excluding hydrogens is 304 g/mol. The molecule has 0 N–H and O–H groups in total. The first-order chi connectivity index (χ1) is 10.9. The minimum Gasteiger partial charge on any atom is -0.457 e. The van der Waals surface area contributed by atoms with E-state index in [0.29, 0.717) is 0 Å². The van der Waals surface area contributed by atoms with E-state index in [1.54, 1.807) is 12.2 Å². The molecule has 0 radical (unpaired) electrons. The Balaban J connectivity index is 2.63.